The molecule has 0 saturated carbocycles. The van der Waals surface area contributed by atoms with Crippen LogP contribution in [-0.4, -0.2) is 54.5 Å². The van der Waals surface area contributed by atoms with Crippen LogP contribution in [0.15, 0.2) is 0 Å². The summed E-state index contributed by atoms with van der Waals surface area (Å²) in [5, 5.41) is 0. The van der Waals surface area contributed by atoms with Gasteiger partial charge in [0.15, 0.2) is 0 Å². The van der Waals surface area contributed by atoms with Gasteiger partial charge in [0.1, 0.15) is 0 Å². The van der Waals surface area contributed by atoms with E-state index in [1.165, 1.54) is 51.7 Å². The highest BCUT2D eigenvalue weighted by atomic mass is 35.5. The van der Waals surface area contributed by atoms with Crippen LogP contribution in [0.25, 0.3) is 0 Å². The molecule has 2 atom stereocenters. The van der Waals surface area contributed by atoms with E-state index in [0.29, 0.717) is 5.92 Å². The van der Waals surface area contributed by atoms with Gasteiger partial charge in [0.2, 0.25) is 5.91 Å². The van der Waals surface area contributed by atoms with E-state index in [0.717, 1.165) is 32.4 Å². The minimum Gasteiger partial charge on any atom is -0.341 e. The van der Waals surface area contributed by atoms with Crippen molar-refractivity contribution in [3.63, 3.8) is 0 Å². The fourth-order valence-corrected chi connectivity index (χ4v) is 3.77. The molecule has 0 aromatic rings. The molecule has 1 amide bonds. The van der Waals surface area contributed by atoms with Gasteiger partial charge in [-0.05, 0) is 51.1 Å². The van der Waals surface area contributed by atoms with Crippen LogP contribution in [0, 0.1) is 5.92 Å². The van der Waals surface area contributed by atoms with Gasteiger partial charge >= 0.3 is 0 Å². The number of nitrogens with two attached hydrogens (primary N) is 1. The second kappa shape index (κ2) is 10.5. The highest BCUT2D eigenvalue weighted by Crippen LogP contribution is 2.20. The van der Waals surface area contributed by atoms with Crippen molar-refractivity contribution in [3.05, 3.63) is 0 Å². The van der Waals surface area contributed by atoms with Crippen LogP contribution in [-0.2, 0) is 4.79 Å². The Kier molecular flexibility index (Phi) is 9.37. The smallest absolute Gasteiger partial charge is 0.239 e. The Hall–Kier alpha value is -0.320. The molecule has 4 nitrogen and oxygen atoms in total. The van der Waals surface area contributed by atoms with E-state index in [-0.39, 0.29) is 24.4 Å². The van der Waals surface area contributed by atoms with Gasteiger partial charge in [0, 0.05) is 19.6 Å². The number of carbonyl (C=O) groups excluding carboxylic acids is 1. The van der Waals surface area contributed by atoms with E-state index >= 15 is 0 Å². The van der Waals surface area contributed by atoms with E-state index in [1.54, 1.807) is 0 Å². The molecule has 0 spiro atoms. The average molecular weight is 332 g/mol. The quantitative estimate of drug-likeness (QED) is 0.842. The Bertz CT molecular complexity index is 319. The summed E-state index contributed by atoms with van der Waals surface area (Å²) in [5.74, 6) is 0.826. The van der Waals surface area contributed by atoms with Crippen molar-refractivity contribution in [2.75, 3.05) is 32.7 Å². The zero-order chi connectivity index (χ0) is 15.1. The van der Waals surface area contributed by atoms with Gasteiger partial charge in [0.25, 0.3) is 0 Å². The van der Waals surface area contributed by atoms with Gasteiger partial charge in [0.05, 0.1) is 6.04 Å². The Balaban J connectivity index is 0.00000242. The lowest BCUT2D eigenvalue weighted by atomic mass is 9.96. The van der Waals surface area contributed by atoms with Gasteiger partial charge in [-0.25, -0.2) is 0 Å². The Morgan fingerprint density at radius 2 is 1.82 bits per heavy atom. The van der Waals surface area contributed by atoms with Crippen molar-refractivity contribution in [2.24, 2.45) is 11.7 Å². The Morgan fingerprint density at radius 3 is 2.45 bits per heavy atom. The molecule has 2 saturated heterocycles. The molecule has 2 aliphatic rings. The fourth-order valence-electron chi connectivity index (χ4n) is 3.77. The third-order valence-electron chi connectivity index (χ3n) is 4.96. The molecule has 2 aliphatic heterocycles. The maximum absolute atomic E-state index is 12.4. The predicted molar refractivity (Wildman–Crippen MR) is 94.3 cm³/mol. The third-order valence-corrected chi connectivity index (χ3v) is 4.96. The van der Waals surface area contributed by atoms with E-state index in [2.05, 4.69) is 11.8 Å². The number of carbonyl (C=O) groups is 1. The minimum atomic E-state index is -0.285. The average Bonchev–Trinajstić information content (AvgIpc) is 2.75. The molecule has 2 N–H and O–H groups in total. The minimum absolute atomic E-state index is 0. The lowest BCUT2D eigenvalue weighted by molar-refractivity contribution is -0.134. The van der Waals surface area contributed by atoms with Crippen molar-refractivity contribution in [1.82, 2.24) is 9.80 Å². The molecule has 22 heavy (non-hydrogen) atoms. The first-order chi connectivity index (χ1) is 10.2. The largest absolute Gasteiger partial charge is 0.341 e. The van der Waals surface area contributed by atoms with Crippen molar-refractivity contribution in [2.45, 2.75) is 64.3 Å². The zero-order valence-corrected chi connectivity index (χ0v) is 15.0. The zero-order valence-electron chi connectivity index (χ0n) is 14.1. The van der Waals surface area contributed by atoms with Crippen LogP contribution >= 0.6 is 12.4 Å². The number of nitrogens with zero attached hydrogens (tertiary/aromatic N) is 2. The van der Waals surface area contributed by atoms with E-state index in [4.69, 9.17) is 5.73 Å². The van der Waals surface area contributed by atoms with Crippen LogP contribution in [0.1, 0.15) is 58.3 Å². The number of piperidine rings is 1. The molecule has 0 radical (unpaired) electrons. The first kappa shape index (κ1) is 19.7. The first-order valence-electron chi connectivity index (χ1n) is 8.97. The summed E-state index contributed by atoms with van der Waals surface area (Å²) < 4.78 is 0. The molecular formula is C17H34ClN3O. The second-order valence-electron chi connectivity index (χ2n) is 6.90. The molecule has 2 heterocycles. The van der Waals surface area contributed by atoms with Crippen LogP contribution in [0.3, 0.4) is 0 Å². The molecule has 130 valence electrons. The highest BCUT2D eigenvalue weighted by Gasteiger charge is 2.27. The normalized spacial score (nSPS) is 25.2. The summed E-state index contributed by atoms with van der Waals surface area (Å²) in [5.41, 5.74) is 6.01. The molecule has 5 heteroatoms. The van der Waals surface area contributed by atoms with Crippen molar-refractivity contribution >= 4 is 18.3 Å². The number of hydrogen-bond acceptors (Lipinski definition) is 3. The molecular weight excluding hydrogens is 298 g/mol. The molecule has 2 unspecified atom stereocenters. The van der Waals surface area contributed by atoms with Crippen LogP contribution in [0.5, 0.6) is 0 Å². The van der Waals surface area contributed by atoms with Gasteiger partial charge < -0.3 is 15.5 Å². The molecule has 0 aromatic carbocycles. The number of likely N-dealkylation sites (tertiary alicyclic amines) is 2. The van der Waals surface area contributed by atoms with Crippen LogP contribution in [0.2, 0.25) is 0 Å². The molecule has 0 bridgehead atoms. The maximum atomic E-state index is 12.4. The lowest BCUT2D eigenvalue weighted by Crippen LogP contribution is -2.49. The number of rotatable bonds is 5. The van der Waals surface area contributed by atoms with Crippen LogP contribution < -0.4 is 5.73 Å². The first-order valence-corrected chi connectivity index (χ1v) is 8.97. The second-order valence-corrected chi connectivity index (χ2v) is 6.90. The molecule has 0 aliphatic carbocycles. The summed E-state index contributed by atoms with van der Waals surface area (Å²) >= 11 is 0. The summed E-state index contributed by atoms with van der Waals surface area (Å²) in [6.07, 6.45) is 9.67. The summed E-state index contributed by atoms with van der Waals surface area (Å²) in [6.45, 7) is 7.59. The maximum Gasteiger partial charge on any atom is 0.239 e. The van der Waals surface area contributed by atoms with Gasteiger partial charge in [-0.1, -0.05) is 26.2 Å². The van der Waals surface area contributed by atoms with E-state index < -0.39 is 0 Å². The summed E-state index contributed by atoms with van der Waals surface area (Å²) in [6, 6.07) is -0.285. The van der Waals surface area contributed by atoms with Crippen molar-refractivity contribution in [1.29, 1.82) is 0 Å². The fraction of sp³-hybridized carbons (Fsp3) is 0.941. The molecule has 2 rings (SSSR count). The standard InChI is InChI=1S/C17H33N3O.ClH/c1-2-8-16(18)17(21)20-12-7-9-15(14-20)13-19-10-5-3-4-6-11-19;/h15-16H,2-14,18H2,1H3;1H. The number of halogens is 1. The topological polar surface area (TPSA) is 49.6 Å². The van der Waals surface area contributed by atoms with Gasteiger partial charge in [-0.3, -0.25) is 4.79 Å². The van der Waals surface area contributed by atoms with Gasteiger partial charge in [-0.15, -0.1) is 12.4 Å². The van der Waals surface area contributed by atoms with Crippen LogP contribution in [0.4, 0.5) is 0 Å². The van der Waals surface area contributed by atoms with Crippen molar-refractivity contribution in [3.8, 4) is 0 Å². The Labute approximate surface area is 142 Å². The molecule has 2 fully saturated rings. The summed E-state index contributed by atoms with van der Waals surface area (Å²) in [7, 11) is 0. The summed E-state index contributed by atoms with van der Waals surface area (Å²) in [4.78, 5) is 17.0. The number of hydrogen-bond donors (Lipinski definition) is 1. The predicted octanol–water partition coefficient (Wildman–Crippen LogP) is 2.65. The Morgan fingerprint density at radius 1 is 1.14 bits per heavy atom. The lowest BCUT2D eigenvalue weighted by Gasteiger charge is -2.36. The monoisotopic (exact) mass is 331 g/mol. The number of amides is 1. The third kappa shape index (κ3) is 6.05. The molecule has 0 aromatic heterocycles. The van der Waals surface area contributed by atoms with E-state index in [9.17, 15) is 4.79 Å². The van der Waals surface area contributed by atoms with Gasteiger partial charge in [-0.2, -0.15) is 0 Å². The SMILES string of the molecule is CCCC(N)C(=O)N1CCCC(CN2CCCCCC2)C1.Cl. The highest BCUT2D eigenvalue weighted by molar-refractivity contribution is 5.85. The van der Waals surface area contributed by atoms with Crippen molar-refractivity contribution < 1.29 is 4.79 Å². The van der Waals surface area contributed by atoms with E-state index in [1.807, 2.05) is 4.90 Å².